The second-order valence-corrected chi connectivity index (χ2v) is 17.5. The number of carboxylic acids is 2. The smallest absolute Gasteiger partial charge is 0.543 e. The van der Waals surface area contributed by atoms with Crippen LogP contribution in [0.15, 0.2) is 60.7 Å². The molecule has 65 heavy (non-hydrogen) atoms. The first kappa shape index (κ1) is 62.8. The number of rotatable bonds is 40. The topological polar surface area (TPSA) is 151 Å². The van der Waals surface area contributed by atoms with Gasteiger partial charge in [0, 0.05) is 26.7 Å². The summed E-state index contributed by atoms with van der Waals surface area (Å²) >= 11 is 0. The predicted molar refractivity (Wildman–Crippen MR) is 257 cm³/mol. The fourth-order valence-electron chi connectivity index (χ4n) is 7.83. The minimum absolute atomic E-state index is 0. The van der Waals surface area contributed by atoms with E-state index in [1.165, 1.54) is 142 Å². The SMILES string of the molecule is CCCCCCCCCCCCCCCCC(OCc1ccccc1)(OC(C)=O)C(=O)[O-].CCCCCCCCCCCCCCCCC(OCc1ccccc1)(OC(C)=O)C(=O)[O-].[Ba+2]. The Morgan fingerprint density at radius 3 is 0.846 bits per heavy atom. The Kier molecular flexibility index (Phi) is 40.5. The molecule has 2 rings (SSSR count). The van der Waals surface area contributed by atoms with Gasteiger partial charge in [-0.1, -0.05) is 241 Å². The van der Waals surface area contributed by atoms with Crippen LogP contribution in [0.5, 0.6) is 0 Å². The van der Waals surface area contributed by atoms with Crippen molar-refractivity contribution in [1.29, 1.82) is 0 Å². The van der Waals surface area contributed by atoms with Crippen LogP contribution in [0.25, 0.3) is 0 Å². The molecule has 2 aromatic rings. The van der Waals surface area contributed by atoms with Crippen molar-refractivity contribution in [3.05, 3.63) is 71.8 Å². The maximum absolute atomic E-state index is 11.8. The van der Waals surface area contributed by atoms with Gasteiger partial charge >= 0.3 is 60.8 Å². The number of ether oxygens (including phenoxy) is 4. The van der Waals surface area contributed by atoms with Gasteiger partial charge in [-0.3, -0.25) is 9.59 Å². The molecule has 0 N–H and O–H groups in total. The Labute approximate surface area is 434 Å². The van der Waals surface area contributed by atoms with Gasteiger partial charge in [-0.2, -0.15) is 0 Å². The molecule has 0 aliphatic heterocycles. The number of aliphatic carboxylic acids is 2. The summed E-state index contributed by atoms with van der Waals surface area (Å²) in [5.41, 5.74) is 1.62. The van der Waals surface area contributed by atoms with Crippen molar-refractivity contribution in [3.63, 3.8) is 0 Å². The molecule has 0 saturated carbocycles. The van der Waals surface area contributed by atoms with E-state index in [9.17, 15) is 29.4 Å². The maximum atomic E-state index is 11.8. The Bertz CT molecular complexity index is 1350. The third-order valence-electron chi connectivity index (χ3n) is 11.6. The molecule has 0 aliphatic carbocycles. The van der Waals surface area contributed by atoms with Crippen LogP contribution in [0.1, 0.15) is 231 Å². The van der Waals surface area contributed by atoms with E-state index in [1.54, 1.807) is 0 Å². The first-order chi connectivity index (χ1) is 31.0. The van der Waals surface area contributed by atoms with Gasteiger partial charge in [-0.15, -0.1) is 0 Å². The number of carbonyl (C=O) groups is 4. The van der Waals surface area contributed by atoms with Crippen LogP contribution in [0.4, 0.5) is 0 Å². The fraction of sp³-hybridized carbons (Fsp3) is 0.704. The average molecular weight is 1030 g/mol. The number of unbranched alkanes of at least 4 members (excludes halogenated alkanes) is 26. The van der Waals surface area contributed by atoms with Crippen molar-refractivity contribution in [2.75, 3.05) is 0 Å². The van der Waals surface area contributed by atoms with Crippen LogP contribution in [-0.4, -0.2) is 84.3 Å². The summed E-state index contributed by atoms with van der Waals surface area (Å²) in [5, 5.41) is 23.7. The number of esters is 2. The standard InChI is InChI=1S/2C27H44O5.Ba/c2*1-3-4-5-6-7-8-9-10-11-12-13-14-15-19-22-27(26(29)30,32-24(2)28)31-23-25-20-17-16-18-21-25;/h2*16-18,20-21H,3-15,19,22-23H2,1-2H3,(H,29,30);/q;;+2/p-2. The van der Waals surface area contributed by atoms with Gasteiger partial charge in [-0.05, 0) is 24.0 Å². The minimum atomic E-state index is -2.03. The summed E-state index contributed by atoms with van der Waals surface area (Å²) < 4.78 is 21.4. The van der Waals surface area contributed by atoms with Gasteiger partial charge in [0.15, 0.2) is 0 Å². The Morgan fingerprint density at radius 1 is 0.400 bits per heavy atom. The number of benzene rings is 2. The number of hydrogen-bond donors (Lipinski definition) is 0. The van der Waals surface area contributed by atoms with E-state index in [-0.39, 0.29) is 74.9 Å². The van der Waals surface area contributed by atoms with Crippen molar-refractivity contribution in [2.24, 2.45) is 0 Å². The first-order valence-corrected chi connectivity index (χ1v) is 25.2. The molecular weight excluding hydrogens is 946 g/mol. The molecule has 0 saturated heterocycles. The molecular formula is C54H86BaO10. The van der Waals surface area contributed by atoms with E-state index in [0.29, 0.717) is 12.8 Å². The van der Waals surface area contributed by atoms with Crippen LogP contribution in [0.3, 0.4) is 0 Å². The summed E-state index contributed by atoms with van der Waals surface area (Å²) in [6, 6.07) is 18.5. The molecule has 11 heteroatoms. The van der Waals surface area contributed by atoms with E-state index < -0.39 is 35.5 Å². The molecule has 0 amide bonds. The third-order valence-corrected chi connectivity index (χ3v) is 11.6. The Balaban J connectivity index is 0.00000124. The molecule has 364 valence electrons. The zero-order valence-corrected chi connectivity index (χ0v) is 45.6. The fourth-order valence-corrected chi connectivity index (χ4v) is 7.83. The van der Waals surface area contributed by atoms with Gasteiger partial charge in [0.1, 0.15) is 11.9 Å². The predicted octanol–water partition coefficient (Wildman–Crippen LogP) is 11.8. The molecule has 0 spiro atoms. The molecule has 2 aromatic carbocycles. The molecule has 0 bridgehead atoms. The van der Waals surface area contributed by atoms with Crippen LogP contribution in [-0.2, 0) is 51.3 Å². The van der Waals surface area contributed by atoms with Gasteiger partial charge in [0.2, 0.25) is 0 Å². The zero-order chi connectivity index (χ0) is 47.0. The average Bonchev–Trinajstić information content (AvgIpc) is 3.28. The normalized spacial score (nSPS) is 12.7. The summed E-state index contributed by atoms with van der Waals surface area (Å²) in [5.74, 6) is -8.44. The van der Waals surface area contributed by atoms with Gasteiger partial charge in [-0.25, -0.2) is 0 Å². The van der Waals surface area contributed by atoms with Gasteiger partial charge in [0.25, 0.3) is 11.6 Å². The van der Waals surface area contributed by atoms with Crippen LogP contribution >= 0.6 is 0 Å². The second-order valence-electron chi connectivity index (χ2n) is 17.5. The summed E-state index contributed by atoms with van der Waals surface area (Å²) in [4.78, 5) is 46.7. The number of hydrogen-bond acceptors (Lipinski definition) is 10. The van der Waals surface area contributed by atoms with E-state index in [2.05, 4.69) is 13.8 Å². The Morgan fingerprint density at radius 2 is 0.631 bits per heavy atom. The third kappa shape index (κ3) is 33.0. The van der Waals surface area contributed by atoms with Crippen LogP contribution < -0.4 is 10.2 Å². The first-order valence-electron chi connectivity index (χ1n) is 25.2. The van der Waals surface area contributed by atoms with Crippen molar-refractivity contribution in [1.82, 2.24) is 0 Å². The molecule has 0 aliphatic rings. The van der Waals surface area contributed by atoms with Crippen molar-refractivity contribution in [2.45, 2.75) is 245 Å². The zero-order valence-electron chi connectivity index (χ0n) is 41.2. The number of carbonyl (C=O) groups excluding carboxylic acids is 4. The second kappa shape index (κ2) is 42.0. The molecule has 10 nitrogen and oxygen atoms in total. The molecule has 0 heterocycles. The van der Waals surface area contributed by atoms with E-state index in [1.807, 2.05) is 60.7 Å². The quantitative estimate of drug-likeness (QED) is 0.0273. The van der Waals surface area contributed by atoms with Crippen molar-refractivity contribution >= 4 is 72.8 Å². The monoisotopic (exact) mass is 1030 g/mol. The summed E-state index contributed by atoms with van der Waals surface area (Å²) in [6.45, 7) is 6.96. The molecule has 0 radical (unpaired) electrons. The van der Waals surface area contributed by atoms with Crippen molar-refractivity contribution in [3.8, 4) is 0 Å². The van der Waals surface area contributed by atoms with E-state index in [0.717, 1.165) is 49.7 Å². The maximum Gasteiger partial charge on any atom is 2.00 e. The van der Waals surface area contributed by atoms with Crippen LogP contribution in [0, 0.1) is 0 Å². The van der Waals surface area contributed by atoms with Gasteiger partial charge < -0.3 is 38.7 Å². The van der Waals surface area contributed by atoms with E-state index in [4.69, 9.17) is 18.9 Å². The van der Waals surface area contributed by atoms with Crippen molar-refractivity contribution < 1.29 is 48.3 Å². The van der Waals surface area contributed by atoms with Crippen LogP contribution in [0.2, 0.25) is 0 Å². The largest absolute Gasteiger partial charge is 2.00 e. The molecule has 0 fully saturated rings. The van der Waals surface area contributed by atoms with E-state index >= 15 is 0 Å². The molecule has 2 atom stereocenters. The summed E-state index contributed by atoms with van der Waals surface area (Å²) in [7, 11) is 0. The summed E-state index contributed by atoms with van der Waals surface area (Å²) in [6.07, 6.45) is 34.1. The molecule has 0 aromatic heterocycles. The minimum Gasteiger partial charge on any atom is -0.543 e. The van der Waals surface area contributed by atoms with Gasteiger partial charge in [0.05, 0.1) is 13.2 Å². The Hall–Kier alpha value is -2.19. The number of carboxylic acid groups (broad SMARTS) is 2. The molecule has 2 unspecified atom stereocenters.